The highest BCUT2D eigenvalue weighted by Crippen LogP contribution is 2.16. The van der Waals surface area contributed by atoms with Crippen LogP contribution in [0.3, 0.4) is 0 Å². The van der Waals surface area contributed by atoms with Crippen molar-refractivity contribution in [3.8, 4) is 0 Å². The SMILES string of the molecule is O=C(Nc1ccc(C(=O)N2CCCC2)cc1)C1CCCN1. The van der Waals surface area contributed by atoms with E-state index in [1.807, 2.05) is 4.90 Å². The highest BCUT2D eigenvalue weighted by Gasteiger charge is 2.22. The topological polar surface area (TPSA) is 61.4 Å². The molecule has 2 aliphatic rings. The van der Waals surface area contributed by atoms with E-state index in [0.29, 0.717) is 5.56 Å². The van der Waals surface area contributed by atoms with E-state index in [1.54, 1.807) is 24.3 Å². The first kappa shape index (κ1) is 14.1. The average molecular weight is 287 g/mol. The number of hydrogen-bond donors (Lipinski definition) is 2. The minimum absolute atomic E-state index is 0.00567. The Balaban J connectivity index is 1.60. The van der Waals surface area contributed by atoms with Crippen molar-refractivity contribution in [1.82, 2.24) is 10.2 Å². The zero-order chi connectivity index (χ0) is 14.7. The van der Waals surface area contributed by atoms with Crippen LogP contribution >= 0.6 is 0 Å². The maximum Gasteiger partial charge on any atom is 0.253 e. The smallest absolute Gasteiger partial charge is 0.253 e. The second kappa shape index (κ2) is 6.26. The molecule has 0 aromatic heterocycles. The maximum absolute atomic E-state index is 12.2. The number of amides is 2. The molecule has 2 heterocycles. The predicted octanol–water partition coefficient (Wildman–Crippen LogP) is 1.61. The Morgan fingerprint density at radius 3 is 2.43 bits per heavy atom. The lowest BCUT2D eigenvalue weighted by Crippen LogP contribution is -2.35. The summed E-state index contributed by atoms with van der Waals surface area (Å²) in [5.74, 6) is 0.0916. The Morgan fingerprint density at radius 2 is 1.81 bits per heavy atom. The Kier molecular flexibility index (Phi) is 4.20. The molecule has 0 bridgehead atoms. The Labute approximate surface area is 124 Å². The minimum atomic E-state index is -0.0871. The summed E-state index contributed by atoms with van der Waals surface area (Å²) in [6.07, 6.45) is 4.11. The summed E-state index contributed by atoms with van der Waals surface area (Å²) < 4.78 is 0. The molecule has 112 valence electrons. The Bertz CT molecular complexity index is 515. The minimum Gasteiger partial charge on any atom is -0.339 e. The van der Waals surface area contributed by atoms with E-state index in [0.717, 1.165) is 51.0 Å². The summed E-state index contributed by atoms with van der Waals surface area (Å²) in [5, 5.41) is 6.06. The number of benzene rings is 1. The molecule has 5 nitrogen and oxygen atoms in total. The summed E-state index contributed by atoms with van der Waals surface area (Å²) in [6, 6.07) is 7.10. The van der Waals surface area contributed by atoms with E-state index in [2.05, 4.69) is 10.6 Å². The van der Waals surface area contributed by atoms with Gasteiger partial charge in [0.1, 0.15) is 0 Å². The molecule has 2 N–H and O–H groups in total. The van der Waals surface area contributed by atoms with Gasteiger partial charge in [-0.15, -0.1) is 0 Å². The molecule has 2 saturated heterocycles. The summed E-state index contributed by atoms with van der Waals surface area (Å²) in [6.45, 7) is 2.61. The van der Waals surface area contributed by atoms with Crippen molar-refractivity contribution in [3.05, 3.63) is 29.8 Å². The van der Waals surface area contributed by atoms with Crippen molar-refractivity contribution in [3.63, 3.8) is 0 Å². The molecule has 21 heavy (non-hydrogen) atoms. The van der Waals surface area contributed by atoms with Gasteiger partial charge in [-0.2, -0.15) is 0 Å². The van der Waals surface area contributed by atoms with Crippen LogP contribution in [0.5, 0.6) is 0 Å². The first-order chi connectivity index (χ1) is 10.2. The van der Waals surface area contributed by atoms with Gasteiger partial charge >= 0.3 is 0 Å². The van der Waals surface area contributed by atoms with Gasteiger partial charge in [0.25, 0.3) is 5.91 Å². The summed E-state index contributed by atoms with van der Waals surface area (Å²) in [4.78, 5) is 26.1. The number of hydrogen-bond acceptors (Lipinski definition) is 3. The lowest BCUT2D eigenvalue weighted by atomic mass is 10.1. The molecule has 1 aromatic carbocycles. The van der Waals surface area contributed by atoms with Gasteiger partial charge in [-0.25, -0.2) is 0 Å². The largest absolute Gasteiger partial charge is 0.339 e. The van der Waals surface area contributed by atoms with Crippen LogP contribution in [0.25, 0.3) is 0 Å². The zero-order valence-corrected chi connectivity index (χ0v) is 12.1. The summed E-state index contributed by atoms with van der Waals surface area (Å²) >= 11 is 0. The van der Waals surface area contributed by atoms with E-state index in [1.165, 1.54) is 0 Å². The van der Waals surface area contributed by atoms with Crippen LogP contribution < -0.4 is 10.6 Å². The first-order valence-corrected chi connectivity index (χ1v) is 7.67. The maximum atomic E-state index is 12.2. The van der Waals surface area contributed by atoms with Crippen LogP contribution in [0.4, 0.5) is 5.69 Å². The van der Waals surface area contributed by atoms with E-state index in [-0.39, 0.29) is 17.9 Å². The summed E-state index contributed by atoms with van der Waals surface area (Å²) in [5.41, 5.74) is 1.43. The molecule has 2 aliphatic heterocycles. The molecule has 1 unspecified atom stereocenters. The van der Waals surface area contributed by atoms with Crippen LogP contribution in [0.1, 0.15) is 36.0 Å². The van der Waals surface area contributed by atoms with Crippen LogP contribution in [-0.2, 0) is 4.79 Å². The monoisotopic (exact) mass is 287 g/mol. The van der Waals surface area contributed by atoms with Gasteiger partial charge in [-0.1, -0.05) is 0 Å². The number of rotatable bonds is 3. The fourth-order valence-corrected chi connectivity index (χ4v) is 2.94. The zero-order valence-electron chi connectivity index (χ0n) is 12.1. The van der Waals surface area contributed by atoms with Crippen molar-refractivity contribution >= 4 is 17.5 Å². The number of carbonyl (C=O) groups is 2. The molecule has 1 aromatic rings. The number of carbonyl (C=O) groups excluding carboxylic acids is 2. The van der Waals surface area contributed by atoms with Crippen LogP contribution in [-0.4, -0.2) is 42.4 Å². The molecule has 0 radical (unpaired) electrons. The fourth-order valence-electron chi connectivity index (χ4n) is 2.94. The third-order valence-corrected chi connectivity index (χ3v) is 4.17. The van der Waals surface area contributed by atoms with Gasteiger partial charge in [0, 0.05) is 24.3 Å². The van der Waals surface area contributed by atoms with Gasteiger partial charge in [0.05, 0.1) is 6.04 Å². The molecule has 0 aliphatic carbocycles. The number of nitrogens with one attached hydrogen (secondary N) is 2. The molecular formula is C16H21N3O2. The molecule has 0 spiro atoms. The second-order valence-electron chi connectivity index (χ2n) is 5.71. The highest BCUT2D eigenvalue weighted by atomic mass is 16.2. The van der Waals surface area contributed by atoms with E-state index in [9.17, 15) is 9.59 Å². The normalized spacial score (nSPS) is 21.5. The molecule has 3 rings (SSSR count). The first-order valence-electron chi connectivity index (χ1n) is 7.67. The van der Waals surface area contributed by atoms with Crippen molar-refractivity contribution in [2.75, 3.05) is 25.0 Å². The molecule has 1 atom stereocenters. The molecule has 2 amide bonds. The lowest BCUT2D eigenvalue weighted by Gasteiger charge is -2.15. The lowest BCUT2D eigenvalue weighted by molar-refractivity contribution is -0.117. The molecular weight excluding hydrogens is 266 g/mol. The average Bonchev–Trinajstić information content (AvgIpc) is 3.20. The summed E-state index contributed by atoms with van der Waals surface area (Å²) in [7, 11) is 0. The number of nitrogens with zero attached hydrogens (tertiary/aromatic N) is 1. The van der Waals surface area contributed by atoms with Crippen LogP contribution in [0.2, 0.25) is 0 Å². The highest BCUT2D eigenvalue weighted by molar-refractivity contribution is 5.97. The van der Waals surface area contributed by atoms with Crippen molar-refractivity contribution in [2.24, 2.45) is 0 Å². The molecule has 5 heteroatoms. The standard InChI is InChI=1S/C16H21N3O2/c20-15(14-4-3-9-17-14)18-13-7-5-12(6-8-13)16(21)19-10-1-2-11-19/h5-8,14,17H,1-4,9-11H2,(H,18,20). The van der Waals surface area contributed by atoms with Gasteiger partial charge in [-0.3, -0.25) is 9.59 Å². The van der Waals surface area contributed by atoms with Gasteiger partial charge in [-0.05, 0) is 56.5 Å². The second-order valence-corrected chi connectivity index (χ2v) is 5.71. The Morgan fingerprint density at radius 1 is 1.10 bits per heavy atom. The van der Waals surface area contributed by atoms with Crippen molar-refractivity contribution in [1.29, 1.82) is 0 Å². The quantitative estimate of drug-likeness (QED) is 0.888. The third kappa shape index (κ3) is 3.24. The van der Waals surface area contributed by atoms with Crippen LogP contribution in [0.15, 0.2) is 24.3 Å². The third-order valence-electron chi connectivity index (χ3n) is 4.17. The van der Waals surface area contributed by atoms with Gasteiger partial charge in [0.15, 0.2) is 0 Å². The van der Waals surface area contributed by atoms with Gasteiger partial charge in [0.2, 0.25) is 5.91 Å². The van der Waals surface area contributed by atoms with Crippen molar-refractivity contribution < 1.29 is 9.59 Å². The Hall–Kier alpha value is -1.88. The number of anilines is 1. The van der Waals surface area contributed by atoms with Gasteiger partial charge < -0.3 is 15.5 Å². The van der Waals surface area contributed by atoms with E-state index < -0.39 is 0 Å². The van der Waals surface area contributed by atoms with Crippen LogP contribution in [0, 0.1) is 0 Å². The fraction of sp³-hybridized carbons (Fsp3) is 0.500. The number of likely N-dealkylation sites (tertiary alicyclic amines) is 1. The molecule has 2 fully saturated rings. The van der Waals surface area contributed by atoms with Crippen molar-refractivity contribution in [2.45, 2.75) is 31.7 Å². The van der Waals surface area contributed by atoms with E-state index >= 15 is 0 Å². The predicted molar refractivity (Wildman–Crippen MR) is 81.2 cm³/mol. The van der Waals surface area contributed by atoms with E-state index in [4.69, 9.17) is 0 Å². The molecule has 0 saturated carbocycles.